The molecule has 1 atom stereocenters. The molecule has 0 radical (unpaired) electrons. The van der Waals surface area contributed by atoms with E-state index in [1.165, 1.54) is 6.07 Å². The predicted molar refractivity (Wildman–Crippen MR) is 38.4 cm³/mol. The van der Waals surface area contributed by atoms with Crippen LogP contribution in [-0.4, -0.2) is 15.2 Å². The summed E-state index contributed by atoms with van der Waals surface area (Å²) >= 11 is 5.63. The molecule has 1 aromatic heterocycles. The first-order valence-electron chi connectivity index (χ1n) is 2.86. The quantitative estimate of drug-likeness (QED) is 0.550. The number of halogens is 1. The van der Waals surface area contributed by atoms with Crippen molar-refractivity contribution in [2.45, 2.75) is 12.3 Å². The number of hydrogen-bond acceptors (Lipinski definition) is 2. The first kappa shape index (κ1) is 7.28. The van der Waals surface area contributed by atoms with Gasteiger partial charge in [0.1, 0.15) is 0 Å². The standard InChI is InChI=1S/C6H8ClNO2/c1-3(7)4-2-5(9)8-6(4)10/h2-3,8-10H,1H3. The van der Waals surface area contributed by atoms with Gasteiger partial charge in [-0.25, -0.2) is 0 Å². The minimum atomic E-state index is -0.294. The number of rotatable bonds is 1. The lowest BCUT2D eigenvalue weighted by Gasteiger charge is -1.96. The van der Waals surface area contributed by atoms with Gasteiger partial charge in [-0.1, -0.05) is 0 Å². The summed E-state index contributed by atoms with van der Waals surface area (Å²) in [5.41, 5.74) is 0.513. The molecule has 1 unspecified atom stereocenters. The van der Waals surface area contributed by atoms with E-state index in [1.54, 1.807) is 6.92 Å². The van der Waals surface area contributed by atoms with Crippen LogP contribution in [0.4, 0.5) is 0 Å². The lowest BCUT2D eigenvalue weighted by Crippen LogP contribution is -1.78. The van der Waals surface area contributed by atoms with Crippen LogP contribution < -0.4 is 0 Å². The van der Waals surface area contributed by atoms with Crippen LogP contribution in [0.15, 0.2) is 6.07 Å². The molecule has 0 aromatic carbocycles. The molecule has 10 heavy (non-hydrogen) atoms. The Kier molecular flexibility index (Phi) is 1.76. The number of aromatic amines is 1. The Morgan fingerprint density at radius 1 is 1.60 bits per heavy atom. The molecule has 0 aliphatic carbocycles. The summed E-state index contributed by atoms with van der Waals surface area (Å²) in [6, 6.07) is 1.40. The molecule has 4 heteroatoms. The highest BCUT2D eigenvalue weighted by atomic mass is 35.5. The lowest BCUT2D eigenvalue weighted by molar-refractivity contribution is 0.423. The summed E-state index contributed by atoms with van der Waals surface area (Å²) in [5, 5.41) is 17.5. The van der Waals surface area contributed by atoms with Crippen molar-refractivity contribution in [1.29, 1.82) is 0 Å². The Morgan fingerprint density at radius 2 is 2.20 bits per heavy atom. The number of H-pyrrole nitrogens is 1. The van der Waals surface area contributed by atoms with Crippen molar-refractivity contribution < 1.29 is 10.2 Å². The highest BCUT2D eigenvalue weighted by Gasteiger charge is 2.10. The zero-order valence-electron chi connectivity index (χ0n) is 5.43. The highest BCUT2D eigenvalue weighted by molar-refractivity contribution is 6.20. The summed E-state index contributed by atoms with van der Waals surface area (Å²) in [4.78, 5) is 2.32. The van der Waals surface area contributed by atoms with Crippen molar-refractivity contribution in [3.8, 4) is 11.8 Å². The van der Waals surface area contributed by atoms with Crippen molar-refractivity contribution in [2.75, 3.05) is 0 Å². The number of alkyl halides is 1. The minimum absolute atomic E-state index is 0.0694. The molecule has 0 amide bonds. The molecule has 0 bridgehead atoms. The largest absolute Gasteiger partial charge is 0.495 e. The third-order valence-electron chi connectivity index (χ3n) is 1.24. The van der Waals surface area contributed by atoms with E-state index >= 15 is 0 Å². The summed E-state index contributed by atoms with van der Waals surface area (Å²) < 4.78 is 0. The molecule has 0 saturated carbocycles. The zero-order valence-corrected chi connectivity index (χ0v) is 6.18. The Bertz CT molecular complexity index is 232. The third-order valence-corrected chi connectivity index (χ3v) is 1.48. The number of hydrogen-bond donors (Lipinski definition) is 3. The van der Waals surface area contributed by atoms with Crippen LogP contribution in [0.25, 0.3) is 0 Å². The Morgan fingerprint density at radius 3 is 2.40 bits per heavy atom. The number of aromatic nitrogens is 1. The van der Waals surface area contributed by atoms with Gasteiger partial charge in [-0.2, -0.15) is 0 Å². The van der Waals surface area contributed by atoms with Crippen LogP contribution >= 0.6 is 11.6 Å². The maximum Gasteiger partial charge on any atom is 0.195 e. The van der Waals surface area contributed by atoms with Gasteiger partial charge in [0, 0.05) is 11.6 Å². The fourth-order valence-corrected chi connectivity index (χ4v) is 0.915. The first-order valence-corrected chi connectivity index (χ1v) is 3.30. The molecule has 0 saturated heterocycles. The van der Waals surface area contributed by atoms with Crippen LogP contribution in [0, 0.1) is 0 Å². The Balaban J connectivity index is 3.03. The summed E-state index contributed by atoms with van der Waals surface area (Å²) in [5.74, 6) is -0.139. The third kappa shape index (κ3) is 1.19. The van der Waals surface area contributed by atoms with E-state index < -0.39 is 0 Å². The molecule has 3 N–H and O–H groups in total. The van der Waals surface area contributed by atoms with Crippen molar-refractivity contribution in [3.63, 3.8) is 0 Å². The first-order chi connectivity index (χ1) is 4.61. The van der Waals surface area contributed by atoms with E-state index in [-0.39, 0.29) is 17.1 Å². The van der Waals surface area contributed by atoms with E-state index in [4.69, 9.17) is 21.8 Å². The minimum Gasteiger partial charge on any atom is -0.495 e. The normalized spacial score (nSPS) is 13.4. The van der Waals surface area contributed by atoms with Gasteiger partial charge in [0.15, 0.2) is 11.8 Å². The molecular formula is C6H8ClNO2. The van der Waals surface area contributed by atoms with E-state index in [0.717, 1.165) is 0 Å². The smallest absolute Gasteiger partial charge is 0.195 e. The van der Waals surface area contributed by atoms with E-state index in [0.29, 0.717) is 5.56 Å². The SMILES string of the molecule is CC(Cl)c1cc(O)[nH]c1O. The Labute approximate surface area is 63.3 Å². The zero-order chi connectivity index (χ0) is 7.72. The van der Waals surface area contributed by atoms with Crippen molar-refractivity contribution in [1.82, 2.24) is 4.98 Å². The average Bonchev–Trinajstić information content (AvgIpc) is 2.10. The van der Waals surface area contributed by atoms with Crippen molar-refractivity contribution in [3.05, 3.63) is 11.6 Å². The summed E-state index contributed by atoms with van der Waals surface area (Å²) in [6.07, 6.45) is 0. The Hall–Kier alpha value is -0.830. The topological polar surface area (TPSA) is 56.2 Å². The fourth-order valence-electron chi connectivity index (χ4n) is 0.748. The van der Waals surface area contributed by atoms with Crippen LogP contribution in [0.2, 0.25) is 0 Å². The molecule has 1 heterocycles. The fraction of sp³-hybridized carbons (Fsp3) is 0.333. The molecule has 0 aliphatic heterocycles. The molecule has 1 rings (SSSR count). The number of nitrogens with one attached hydrogen (secondary N) is 1. The predicted octanol–water partition coefficient (Wildman–Crippen LogP) is 1.73. The summed E-state index contributed by atoms with van der Waals surface area (Å²) in [7, 11) is 0. The highest BCUT2D eigenvalue weighted by Crippen LogP contribution is 2.30. The maximum atomic E-state index is 9.00. The van der Waals surface area contributed by atoms with Gasteiger partial charge in [-0.3, -0.25) is 4.98 Å². The van der Waals surface area contributed by atoms with Crippen molar-refractivity contribution >= 4 is 11.6 Å². The van der Waals surface area contributed by atoms with Gasteiger partial charge < -0.3 is 10.2 Å². The van der Waals surface area contributed by atoms with Crippen LogP contribution in [0.5, 0.6) is 11.8 Å². The summed E-state index contributed by atoms with van der Waals surface area (Å²) in [6.45, 7) is 1.71. The van der Waals surface area contributed by atoms with Crippen LogP contribution in [0.3, 0.4) is 0 Å². The van der Waals surface area contributed by atoms with Gasteiger partial charge in [-0.15, -0.1) is 11.6 Å². The monoisotopic (exact) mass is 161 g/mol. The molecule has 1 aromatic rings. The van der Waals surface area contributed by atoms with E-state index in [2.05, 4.69) is 4.98 Å². The van der Waals surface area contributed by atoms with E-state index in [9.17, 15) is 0 Å². The molecule has 56 valence electrons. The molecule has 0 spiro atoms. The second kappa shape index (κ2) is 2.42. The van der Waals surface area contributed by atoms with Gasteiger partial charge in [0.25, 0.3) is 0 Å². The van der Waals surface area contributed by atoms with Crippen molar-refractivity contribution in [2.24, 2.45) is 0 Å². The lowest BCUT2D eigenvalue weighted by atomic mass is 10.2. The van der Waals surface area contributed by atoms with Gasteiger partial charge in [-0.05, 0) is 6.92 Å². The molecule has 3 nitrogen and oxygen atoms in total. The average molecular weight is 162 g/mol. The molecule has 0 fully saturated rings. The van der Waals surface area contributed by atoms with Gasteiger partial charge in [0.2, 0.25) is 0 Å². The second-order valence-electron chi connectivity index (χ2n) is 2.07. The van der Waals surface area contributed by atoms with E-state index in [1.807, 2.05) is 0 Å². The molecular weight excluding hydrogens is 154 g/mol. The van der Waals surface area contributed by atoms with Crippen LogP contribution in [0.1, 0.15) is 17.9 Å². The second-order valence-corrected chi connectivity index (χ2v) is 2.73. The van der Waals surface area contributed by atoms with Crippen LogP contribution in [-0.2, 0) is 0 Å². The molecule has 0 aliphatic rings. The van der Waals surface area contributed by atoms with Gasteiger partial charge >= 0.3 is 0 Å². The van der Waals surface area contributed by atoms with Gasteiger partial charge in [0.05, 0.1) is 5.38 Å². The number of aromatic hydroxyl groups is 2. The maximum absolute atomic E-state index is 9.00.